The Balaban J connectivity index is 1.73. The second-order valence-corrected chi connectivity index (χ2v) is 4.67. The Morgan fingerprint density at radius 1 is 1.26 bits per heavy atom. The van der Waals surface area contributed by atoms with Crippen LogP contribution in [-0.4, -0.2) is 75.4 Å². The standard InChI is InChI=1S/C12H21N3O4/c16-11(14-8-10-9-18-6-7-19-10)12(17)15-4-1-2-13-3-5-15/h10,13H,1-9H2,(H,14,16). The van der Waals surface area contributed by atoms with E-state index in [1.807, 2.05) is 0 Å². The van der Waals surface area contributed by atoms with Gasteiger partial charge in [-0.05, 0) is 13.0 Å². The minimum absolute atomic E-state index is 0.156. The molecule has 108 valence electrons. The van der Waals surface area contributed by atoms with E-state index in [9.17, 15) is 9.59 Å². The van der Waals surface area contributed by atoms with Crippen LogP contribution in [0, 0.1) is 0 Å². The second kappa shape index (κ2) is 7.42. The average Bonchev–Trinajstić information content (AvgIpc) is 2.74. The number of nitrogens with one attached hydrogen (secondary N) is 2. The summed E-state index contributed by atoms with van der Waals surface area (Å²) in [5.74, 6) is -1.02. The third kappa shape index (κ3) is 4.45. The minimum Gasteiger partial charge on any atom is -0.376 e. The lowest BCUT2D eigenvalue weighted by molar-refractivity contribution is -0.146. The predicted octanol–water partition coefficient (Wildman–Crippen LogP) is -1.66. The highest BCUT2D eigenvalue weighted by Crippen LogP contribution is 2.00. The summed E-state index contributed by atoms with van der Waals surface area (Å²) in [5, 5.41) is 5.81. The fourth-order valence-corrected chi connectivity index (χ4v) is 2.13. The van der Waals surface area contributed by atoms with Crippen molar-refractivity contribution in [3.63, 3.8) is 0 Å². The maximum atomic E-state index is 11.9. The lowest BCUT2D eigenvalue weighted by atomic mass is 10.3. The molecule has 0 saturated carbocycles. The van der Waals surface area contributed by atoms with Crippen molar-refractivity contribution < 1.29 is 19.1 Å². The van der Waals surface area contributed by atoms with E-state index in [0.717, 1.165) is 19.5 Å². The first-order valence-corrected chi connectivity index (χ1v) is 6.74. The molecule has 0 radical (unpaired) electrons. The van der Waals surface area contributed by atoms with Crippen molar-refractivity contribution in [3.05, 3.63) is 0 Å². The van der Waals surface area contributed by atoms with E-state index in [2.05, 4.69) is 10.6 Å². The Hall–Kier alpha value is -1.18. The molecule has 0 aromatic rings. The molecule has 19 heavy (non-hydrogen) atoms. The van der Waals surface area contributed by atoms with Crippen molar-refractivity contribution in [2.24, 2.45) is 0 Å². The van der Waals surface area contributed by atoms with Gasteiger partial charge in [-0.1, -0.05) is 0 Å². The Morgan fingerprint density at radius 3 is 2.95 bits per heavy atom. The Bertz CT molecular complexity index is 310. The number of rotatable bonds is 2. The van der Waals surface area contributed by atoms with Crippen LogP contribution in [0.4, 0.5) is 0 Å². The summed E-state index contributed by atoms with van der Waals surface area (Å²) in [5.41, 5.74) is 0. The molecule has 2 N–H and O–H groups in total. The zero-order valence-corrected chi connectivity index (χ0v) is 11.0. The number of nitrogens with zero attached hydrogens (tertiary/aromatic N) is 1. The van der Waals surface area contributed by atoms with Crippen LogP contribution in [0.15, 0.2) is 0 Å². The Kier molecular flexibility index (Phi) is 5.56. The van der Waals surface area contributed by atoms with Crippen molar-refractivity contribution >= 4 is 11.8 Å². The normalized spacial score (nSPS) is 24.6. The summed E-state index contributed by atoms with van der Waals surface area (Å²) in [7, 11) is 0. The highest BCUT2D eigenvalue weighted by atomic mass is 16.6. The van der Waals surface area contributed by atoms with Gasteiger partial charge in [0.15, 0.2) is 0 Å². The molecule has 2 rings (SSSR count). The van der Waals surface area contributed by atoms with E-state index in [4.69, 9.17) is 9.47 Å². The van der Waals surface area contributed by atoms with Gasteiger partial charge in [0.2, 0.25) is 0 Å². The monoisotopic (exact) mass is 271 g/mol. The SMILES string of the molecule is O=C(NCC1COCCO1)C(=O)N1CCCNCC1. The quantitative estimate of drug-likeness (QED) is 0.588. The predicted molar refractivity (Wildman–Crippen MR) is 67.6 cm³/mol. The van der Waals surface area contributed by atoms with Crippen molar-refractivity contribution in [1.82, 2.24) is 15.5 Å². The second-order valence-electron chi connectivity index (χ2n) is 4.67. The fraction of sp³-hybridized carbons (Fsp3) is 0.833. The van der Waals surface area contributed by atoms with Gasteiger partial charge in [-0.2, -0.15) is 0 Å². The van der Waals surface area contributed by atoms with Crippen LogP contribution in [0.1, 0.15) is 6.42 Å². The molecule has 2 amide bonds. The van der Waals surface area contributed by atoms with Crippen molar-refractivity contribution in [3.8, 4) is 0 Å². The molecule has 2 heterocycles. The van der Waals surface area contributed by atoms with Gasteiger partial charge in [0.05, 0.1) is 25.9 Å². The molecule has 0 spiro atoms. The highest BCUT2D eigenvalue weighted by Gasteiger charge is 2.23. The molecule has 2 fully saturated rings. The molecule has 2 aliphatic heterocycles. The number of hydrogen-bond donors (Lipinski definition) is 2. The zero-order valence-electron chi connectivity index (χ0n) is 11.0. The van der Waals surface area contributed by atoms with E-state index in [-0.39, 0.29) is 6.10 Å². The van der Waals surface area contributed by atoms with Crippen LogP contribution in [0.3, 0.4) is 0 Å². The first-order valence-electron chi connectivity index (χ1n) is 6.74. The van der Waals surface area contributed by atoms with E-state index < -0.39 is 11.8 Å². The van der Waals surface area contributed by atoms with Gasteiger partial charge < -0.3 is 25.0 Å². The van der Waals surface area contributed by atoms with E-state index in [1.165, 1.54) is 0 Å². The molecule has 2 aliphatic rings. The van der Waals surface area contributed by atoms with E-state index in [0.29, 0.717) is 39.5 Å². The fourth-order valence-electron chi connectivity index (χ4n) is 2.13. The molecular weight excluding hydrogens is 250 g/mol. The summed E-state index contributed by atoms with van der Waals surface area (Å²) >= 11 is 0. The summed E-state index contributed by atoms with van der Waals surface area (Å²) in [6.45, 7) is 4.73. The largest absolute Gasteiger partial charge is 0.376 e. The van der Waals surface area contributed by atoms with Gasteiger partial charge in [-0.3, -0.25) is 9.59 Å². The minimum atomic E-state index is -0.559. The third-order valence-electron chi connectivity index (χ3n) is 3.20. The van der Waals surface area contributed by atoms with Gasteiger partial charge >= 0.3 is 11.8 Å². The molecule has 7 heteroatoms. The van der Waals surface area contributed by atoms with Crippen LogP contribution in [0.5, 0.6) is 0 Å². The van der Waals surface area contributed by atoms with Gasteiger partial charge in [0.25, 0.3) is 0 Å². The first-order chi connectivity index (χ1) is 9.27. The average molecular weight is 271 g/mol. The Labute approximate surface area is 112 Å². The maximum Gasteiger partial charge on any atom is 0.311 e. The van der Waals surface area contributed by atoms with Gasteiger partial charge in [-0.15, -0.1) is 0 Å². The first kappa shape index (κ1) is 14.2. The van der Waals surface area contributed by atoms with Gasteiger partial charge in [-0.25, -0.2) is 0 Å². The molecule has 2 saturated heterocycles. The molecule has 7 nitrogen and oxygen atoms in total. The Morgan fingerprint density at radius 2 is 2.16 bits per heavy atom. The summed E-state index contributed by atoms with van der Waals surface area (Å²) in [6.07, 6.45) is 0.717. The summed E-state index contributed by atoms with van der Waals surface area (Å²) < 4.78 is 10.6. The molecule has 1 atom stereocenters. The van der Waals surface area contributed by atoms with E-state index in [1.54, 1.807) is 4.90 Å². The topological polar surface area (TPSA) is 79.9 Å². The molecule has 1 unspecified atom stereocenters. The van der Waals surface area contributed by atoms with Gasteiger partial charge in [0.1, 0.15) is 0 Å². The van der Waals surface area contributed by atoms with Crippen LogP contribution < -0.4 is 10.6 Å². The van der Waals surface area contributed by atoms with E-state index >= 15 is 0 Å². The van der Waals surface area contributed by atoms with Crippen LogP contribution in [0.25, 0.3) is 0 Å². The molecular formula is C12H21N3O4. The van der Waals surface area contributed by atoms with Crippen molar-refractivity contribution in [1.29, 1.82) is 0 Å². The summed E-state index contributed by atoms with van der Waals surface area (Å²) in [4.78, 5) is 25.3. The highest BCUT2D eigenvalue weighted by molar-refractivity contribution is 6.35. The molecule has 0 aromatic heterocycles. The number of carbonyl (C=O) groups excluding carboxylic acids is 2. The molecule has 0 aromatic carbocycles. The van der Waals surface area contributed by atoms with Crippen LogP contribution >= 0.6 is 0 Å². The summed E-state index contributed by atoms with van der Waals surface area (Å²) in [6, 6.07) is 0. The lowest BCUT2D eigenvalue weighted by Crippen LogP contribution is -2.47. The lowest BCUT2D eigenvalue weighted by Gasteiger charge is -2.24. The number of amides is 2. The van der Waals surface area contributed by atoms with Crippen LogP contribution in [-0.2, 0) is 19.1 Å². The maximum absolute atomic E-state index is 11.9. The number of ether oxygens (including phenoxy) is 2. The number of carbonyl (C=O) groups is 2. The molecule has 0 aliphatic carbocycles. The van der Waals surface area contributed by atoms with Gasteiger partial charge in [0, 0.05) is 26.2 Å². The molecule has 0 bridgehead atoms. The third-order valence-corrected chi connectivity index (χ3v) is 3.20. The van der Waals surface area contributed by atoms with Crippen LogP contribution in [0.2, 0.25) is 0 Å². The zero-order chi connectivity index (χ0) is 13.5. The van der Waals surface area contributed by atoms with Crippen molar-refractivity contribution in [2.75, 3.05) is 52.5 Å². The van der Waals surface area contributed by atoms with Crippen molar-refractivity contribution in [2.45, 2.75) is 12.5 Å². The smallest absolute Gasteiger partial charge is 0.311 e. The number of hydrogen-bond acceptors (Lipinski definition) is 5.